The molecule has 1 amide bonds. The number of benzene rings is 2. The van der Waals surface area contributed by atoms with Crippen molar-refractivity contribution >= 4 is 21.9 Å². The molecule has 4 rings (SSSR count). The van der Waals surface area contributed by atoms with Crippen molar-refractivity contribution in [1.82, 2.24) is 25.3 Å². The molecule has 1 fully saturated rings. The summed E-state index contributed by atoms with van der Waals surface area (Å²) in [5.74, 6) is 0.354. The van der Waals surface area contributed by atoms with Gasteiger partial charge in [0.1, 0.15) is 5.75 Å². The summed E-state index contributed by atoms with van der Waals surface area (Å²) in [6.07, 6.45) is 4.86. The number of ether oxygens (including phenoxy) is 1. The van der Waals surface area contributed by atoms with E-state index in [9.17, 15) is 13.2 Å². The van der Waals surface area contributed by atoms with Gasteiger partial charge in [-0.2, -0.15) is 0 Å². The van der Waals surface area contributed by atoms with Gasteiger partial charge in [0.15, 0.2) is 5.37 Å². The van der Waals surface area contributed by atoms with Crippen LogP contribution in [0.25, 0.3) is 0 Å². The lowest BCUT2D eigenvalue weighted by atomic mass is 9.72. The molecule has 2 aromatic carbocycles. The van der Waals surface area contributed by atoms with E-state index in [1.165, 1.54) is 7.11 Å². The van der Waals surface area contributed by atoms with Gasteiger partial charge in [-0.1, -0.05) is 42.5 Å². The second-order valence-corrected chi connectivity index (χ2v) is 11.0. The Balaban J connectivity index is 1.59. The zero-order valence-electron chi connectivity index (χ0n) is 21.4. The van der Waals surface area contributed by atoms with Crippen molar-refractivity contribution in [2.75, 3.05) is 38.6 Å². The number of rotatable bonds is 12. The van der Waals surface area contributed by atoms with Crippen LogP contribution in [0.2, 0.25) is 0 Å². The molecule has 0 saturated carbocycles. The highest BCUT2D eigenvalue weighted by atomic mass is 32.2. The molecule has 1 atom stereocenters. The predicted molar refractivity (Wildman–Crippen MR) is 147 cm³/mol. The average Bonchev–Trinajstić information content (AvgIpc) is 2.96. The third kappa shape index (κ3) is 6.47. The first kappa shape index (κ1) is 27.5. The number of nitrogens with one attached hydrogen (secondary N) is 4. The molecular weight excluding hydrogens is 504 g/mol. The van der Waals surface area contributed by atoms with Crippen molar-refractivity contribution in [3.05, 3.63) is 84.2 Å². The fourth-order valence-corrected chi connectivity index (χ4v) is 6.69. The van der Waals surface area contributed by atoms with Crippen molar-refractivity contribution in [2.24, 2.45) is 0 Å². The Morgan fingerprint density at radius 1 is 1.00 bits per heavy atom. The van der Waals surface area contributed by atoms with E-state index in [2.05, 4.69) is 30.6 Å². The van der Waals surface area contributed by atoms with E-state index in [-0.39, 0.29) is 12.1 Å². The van der Waals surface area contributed by atoms with Gasteiger partial charge >= 0.3 is 0 Å². The van der Waals surface area contributed by atoms with E-state index < -0.39 is 26.7 Å². The fourth-order valence-electron chi connectivity index (χ4n) is 4.86. The Labute approximate surface area is 223 Å². The fraction of sp³-hybridized carbons (Fsp3) is 0.370. The molecule has 10 nitrogen and oxygen atoms in total. The Kier molecular flexibility index (Phi) is 9.27. The first-order chi connectivity index (χ1) is 18.5. The number of methoxy groups -OCH3 is 1. The number of nitrogens with zero attached hydrogens (tertiary/aromatic N) is 2. The summed E-state index contributed by atoms with van der Waals surface area (Å²) in [6.45, 7) is 1.93. The van der Waals surface area contributed by atoms with Gasteiger partial charge in [-0.25, -0.2) is 23.1 Å². The number of piperidine rings is 1. The predicted octanol–water partition coefficient (Wildman–Crippen LogP) is 2.28. The summed E-state index contributed by atoms with van der Waals surface area (Å²) in [4.78, 5) is 21.7. The van der Waals surface area contributed by atoms with Gasteiger partial charge in [0.05, 0.1) is 12.7 Å². The molecule has 11 heteroatoms. The van der Waals surface area contributed by atoms with Crippen molar-refractivity contribution in [3.8, 4) is 5.75 Å². The van der Waals surface area contributed by atoms with Crippen LogP contribution in [-0.4, -0.2) is 63.0 Å². The van der Waals surface area contributed by atoms with Gasteiger partial charge in [0, 0.05) is 30.9 Å². The lowest BCUT2D eigenvalue weighted by Gasteiger charge is -2.44. The lowest BCUT2D eigenvalue weighted by Crippen LogP contribution is -2.61. The Morgan fingerprint density at radius 2 is 1.68 bits per heavy atom. The molecule has 0 spiro atoms. The highest BCUT2D eigenvalue weighted by Crippen LogP contribution is 2.39. The number of hydrogen-bond acceptors (Lipinski definition) is 8. The van der Waals surface area contributed by atoms with Crippen molar-refractivity contribution < 1.29 is 17.9 Å². The second-order valence-electron chi connectivity index (χ2n) is 9.12. The molecule has 1 unspecified atom stereocenters. The third-order valence-electron chi connectivity index (χ3n) is 6.78. The van der Waals surface area contributed by atoms with Crippen LogP contribution >= 0.6 is 0 Å². The van der Waals surface area contributed by atoms with Crippen LogP contribution in [0.15, 0.2) is 73.1 Å². The number of sulfonamides is 1. The van der Waals surface area contributed by atoms with Gasteiger partial charge < -0.3 is 20.7 Å². The molecular formula is C27H34N6O4S. The zero-order chi connectivity index (χ0) is 26.8. The van der Waals surface area contributed by atoms with Crippen LogP contribution in [-0.2, 0) is 15.4 Å². The van der Waals surface area contributed by atoms with E-state index in [0.717, 1.165) is 5.56 Å². The number of para-hydroxylation sites is 1. The van der Waals surface area contributed by atoms with Crippen molar-refractivity contribution in [2.45, 2.75) is 30.1 Å². The van der Waals surface area contributed by atoms with E-state index >= 15 is 0 Å². The molecule has 4 N–H and O–H groups in total. The van der Waals surface area contributed by atoms with Gasteiger partial charge in [-0.3, -0.25) is 4.79 Å². The van der Waals surface area contributed by atoms with Crippen LogP contribution in [0.5, 0.6) is 5.75 Å². The van der Waals surface area contributed by atoms with E-state index in [1.807, 2.05) is 30.3 Å². The lowest BCUT2D eigenvalue weighted by molar-refractivity contribution is 0.0922. The summed E-state index contributed by atoms with van der Waals surface area (Å²) in [6, 6.07) is 18.1. The van der Waals surface area contributed by atoms with Crippen LogP contribution in [0.1, 0.15) is 35.2 Å². The normalized spacial score (nSPS) is 15.8. The highest BCUT2D eigenvalue weighted by Gasteiger charge is 2.49. The van der Waals surface area contributed by atoms with Crippen molar-refractivity contribution in [3.63, 3.8) is 0 Å². The van der Waals surface area contributed by atoms with Crippen molar-refractivity contribution in [1.29, 1.82) is 0 Å². The topological polar surface area (TPSA) is 134 Å². The number of aromatic nitrogens is 2. The van der Waals surface area contributed by atoms with Gasteiger partial charge in [0.25, 0.3) is 5.91 Å². The minimum absolute atomic E-state index is 0.187. The molecule has 1 aromatic heterocycles. The maximum atomic E-state index is 13.9. The Morgan fingerprint density at radius 3 is 2.39 bits per heavy atom. The number of anilines is 1. The molecule has 0 aliphatic carbocycles. The van der Waals surface area contributed by atoms with Crippen LogP contribution < -0.4 is 25.4 Å². The molecule has 1 aliphatic heterocycles. The highest BCUT2D eigenvalue weighted by molar-refractivity contribution is 7.90. The molecule has 38 heavy (non-hydrogen) atoms. The third-order valence-corrected chi connectivity index (χ3v) is 8.57. The van der Waals surface area contributed by atoms with Gasteiger partial charge in [-0.15, -0.1) is 0 Å². The second kappa shape index (κ2) is 12.8. The quantitative estimate of drug-likeness (QED) is 0.258. The largest absolute Gasteiger partial charge is 0.496 e. The molecule has 202 valence electrons. The number of carbonyl (C=O) groups is 1. The summed E-state index contributed by atoms with van der Waals surface area (Å²) in [7, 11) is -2.53. The molecule has 0 radical (unpaired) electrons. The molecule has 0 bridgehead atoms. The van der Waals surface area contributed by atoms with Crippen LogP contribution in [0.3, 0.4) is 0 Å². The van der Waals surface area contributed by atoms with Crippen LogP contribution in [0, 0.1) is 0 Å². The number of carbonyl (C=O) groups excluding carboxylic acids is 1. The summed E-state index contributed by atoms with van der Waals surface area (Å²) in [5, 5.41) is 8.09. The molecule has 2 heterocycles. The van der Waals surface area contributed by atoms with Crippen LogP contribution in [0.4, 0.5) is 5.95 Å². The average molecular weight is 539 g/mol. The molecule has 1 saturated heterocycles. The van der Waals surface area contributed by atoms with Gasteiger partial charge in [-0.05, 0) is 56.1 Å². The molecule has 3 aromatic rings. The number of hydrogen-bond donors (Lipinski definition) is 4. The van der Waals surface area contributed by atoms with E-state index in [0.29, 0.717) is 50.6 Å². The first-order valence-corrected chi connectivity index (χ1v) is 14.2. The minimum atomic E-state index is -4.01. The molecule has 1 aliphatic rings. The maximum absolute atomic E-state index is 13.9. The summed E-state index contributed by atoms with van der Waals surface area (Å²) < 4.78 is 36.0. The number of amides is 1. The minimum Gasteiger partial charge on any atom is -0.496 e. The monoisotopic (exact) mass is 538 g/mol. The SMILES string of the molecule is COc1ccccc1C(=O)NC(C1(c2ccccc2)CCNCC1)S(=O)(=O)NCCCNc1ncccn1. The Bertz CT molecular complexity index is 1290. The zero-order valence-corrected chi connectivity index (χ0v) is 22.2. The van der Waals surface area contributed by atoms with E-state index in [1.54, 1.807) is 42.7 Å². The Hall–Kier alpha value is -3.54. The summed E-state index contributed by atoms with van der Waals surface area (Å²) in [5.41, 5.74) is 0.325. The van der Waals surface area contributed by atoms with Gasteiger partial charge in [0.2, 0.25) is 16.0 Å². The van der Waals surface area contributed by atoms with E-state index in [4.69, 9.17) is 4.74 Å². The maximum Gasteiger partial charge on any atom is 0.256 e. The first-order valence-electron chi connectivity index (χ1n) is 12.7. The smallest absolute Gasteiger partial charge is 0.256 e. The standard InChI is InChI=1S/C27H34N6O4S/c1-37-23-12-6-5-11-22(23)24(34)33-25(27(13-19-28-20-14-27)21-9-3-2-4-10-21)38(35,36)32-18-8-17-31-26-29-15-7-16-30-26/h2-7,9-12,15-16,25,28,32H,8,13-14,17-20H2,1H3,(H,33,34)(H,29,30,31). The summed E-state index contributed by atoms with van der Waals surface area (Å²) >= 11 is 0.